The standard InChI is InChI=1S/C15H16F3NO2/c1-15(2,3)21-13(20)5-4-9(8-19)11-6-10(16)7-12(17)14(11)18/h6-7,9H,4-5H2,1-3H3. The molecule has 1 aromatic carbocycles. The number of benzene rings is 1. The van der Waals surface area contributed by atoms with E-state index in [9.17, 15) is 18.0 Å². The highest BCUT2D eigenvalue weighted by Gasteiger charge is 2.22. The molecule has 0 saturated carbocycles. The lowest BCUT2D eigenvalue weighted by molar-refractivity contribution is -0.154. The van der Waals surface area contributed by atoms with Crippen molar-refractivity contribution in [3.05, 3.63) is 35.1 Å². The van der Waals surface area contributed by atoms with Crippen LogP contribution in [0.2, 0.25) is 0 Å². The molecule has 21 heavy (non-hydrogen) atoms. The third kappa shape index (κ3) is 5.10. The van der Waals surface area contributed by atoms with Crippen LogP contribution in [-0.4, -0.2) is 11.6 Å². The highest BCUT2D eigenvalue weighted by Crippen LogP contribution is 2.26. The fourth-order valence-electron chi connectivity index (χ4n) is 1.77. The van der Waals surface area contributed by atoms with Gasteiger partial charge in [0.1, 0.15) is 11.4 Å². The second-order valence-corrected chi connectivity index (χ2v) is 5.60. The van der Waals surface area contributed by atoms with Crippen molar-refractivity contribution in [2.45, 2.75) is 45.1 Å². The lowest BCUT2D eigenvalue weighted by atomic mass is 9.95. The molecule has 0 aromatic heterocycles. The minimum absolute atomic E-state index is 0.0781. The number of carbonyl (C=O) groups is 1. The maximum Gasteiger partial charge on any atom is 0.306 e. The summed E-state index contributed by atoms with van der Waals surface area (Å²) in [6, 6.07) is 2.92. The minimum Gasteiger partial charge on any atom is -0.460 e. The Bertz CT molecular complexity index is 574. The van der Waals surface area contributed by atoms with Gasteiger partial charge in [-0.1, -0.05) is 0 Å². The number of hydrogen-bond acceptors (Lipinski definition) is 3. The van der Waals surface area contributed by atoms with Gasteiger partial charge in [0.15, 0.2) is 11.6 Å². The summed E-state index contributed by atoms with van der Waals surface area (Å²) in [4.78, 5) is 11.6. The monoisotopic (exact) mass is 299 g/mol. The molecule has 0 N–H and O–H groups in total. The van der Waals surface area contributed by atoms with Gasteiger partial charge in [0.2, 0.25) is 0 Å². The third-order valence-corrected chi connectivity index (χ3v) is 2.61. The lowest BCUT2D eigenvalue weighted by Gasteiger charge is -2.20. The van der Waals surface area contributed by atoms with E-state index in [2.05, 4.69) is 0 Å². The van der Waals surface area contributed by atoms with Gasteiger partial charge in [0.05, 0.1) is 12.0 Å². The summed E-state index contributed by atoms with van der Waals surface area (Å²) in [5.41, 5.74) is -1.06. The van der Waals surface area contributed by atoms with Gasteiger partial charge in [-0.25, -0.2) is 13.2 Å². The van der Waals surface area contributed by atoms with Crippen LogP contribution in [0.5, 0.6) is 0 Å². The molecule has 1 unspecified atom stereocenters. The van der Waals surface area contributed by atoms with Crippen LogP contribution in [0.15, 0.2) is 12.1 Å². The van der Waals surface area contributed by atoms with Crippen LogP contribution >= 0.6 is 0 Å². The molecule has 1 rings (SSSR count). The second kappa shape index (κ2) is 6.61. The second-order valence-electron chi connectivity index (χ2n) is 5.60. The maximum atomic E-state index is 13.6. The zero-order chi connectivity index (χ0) is 16.2. The fraction of sp³-hybridized carbons (Fsp3) is 0.467. The van der Waals surface area contributed by atoms with E-state index in [1.807, 2.05) is 0 Å². The number of nitrogens with zero attached hydrogens (tertiary/aromatic N) is 1. The van der Waals surface area contributed by atoms with E-state index in [0.29, 0.717) is 6.07 Å². The summed E-state index contributed by atoms with van der Waals surface area (Å²) < 4.78 is 44.9. The molecule has 114 valence electrons. The number of hydrogen-bond donors (Lipinski definition) is 0. The molecule has 0 amide bonds. The largest absolute Gasteiger partial charge is 0.460 e. The Balaban J connectivity index is 2.82. The molecule has 3 nitrogen and oxygen atoms in total. The molecule has 0 bridgehead atoms. The smallest absolute Gasteiger partial charge is 0.306 e. The van der Waals surface area contributed by atoms with E-state index in [-0.39, 0.29) is 12.8 Å². The number of rotatable bonds is 4. The van der Waals surface area contributed by atoms with Crippen LogP contribution in [-0.2, 0) is 9.53 Å². The van der Waals surface area contributed by atoms with Gasteiger partial charge in [-0.15, -0.1) is 0 Å². The van der Waals surface area contributed by atoms with E-state index in [4.69, 9.17) is 10.00 Å². The minimum atomic E-state index is -1.36. The van der Waals surface area contributed by atoms with Crippen LogP contribution in [0.4, 0.5) is 13.2 Å². The van der Waals surface area contributed by atoms with Crippen LogP contribution in [0, 0.1) is 28.8 Å². The number of halogens is 3. The van der Waals surface area contributed by atoms with E-state index >= 15 is 0 Å². The molecule has 0 saturated heterocycles. The Kier molecular flexibility index (Phi) is 5.36. The average Bonchev–Trinajstić information content (AvgIpc) is 2.33. The summed E-state index contributed by atoms with van der Waals surface area (Å²) in [5.74, 6) is -5.28. The first-order valence-electron chi connectivity index (χ1n) is 6.40. The number of nitriles is 1. The summed E-state index contributed by atoms with van der Waals surface area (Å²) in [7, 11) is 0. The van der Waals surface area contributed by atoms with E-state index in [0.717, 1.165) is 6.07 Å². The zero-order valence-corrected chi connectivity index (χ0v) is 12.0. The highest BCUT2D eigenvalue weighted by molar-refractivity contribution is 5.70. The van der Waals surface area contributed by atoms with Crippen LogP contribution in [0.25, 0.3) is 0 Å². The fourth-order valence-corrected chi connectivity index (χ4v) is 1.77. The molecule has 0 fully saturated rings. The first-order chi connectivity index (χ1) is 9.64. The van der Waals surface area contributed by atoms with Crippen molar-refractivity contribution in [1.29, 1.82) is 5.26 Å². The Hall–Kier alpha value is -2.03. The number of ether oxygens (including phenoxy) is 1. The van der Waals surface area contributed by atoms with Gasteiger partial charge in [0.25, 0.3) is 0 Å². The summed E-state index contributed by atoms with van der Waals surface area (Å²) in [6.45, 7) is 5.07. The predicted molar refractivity (Wildman–Crippen MR) is 69.7 cm³/mol. The third-order valence-electron chi connectivity index (χ3n) is 2.61. The summed E-state index contributed by atoms with van der Waals surface area (Å²) in [5, 5.41) is 9.02. The molecule has 0 radical (unpaired) electrons. The van der Waals surface area contributed by atoms with Gasteiger partial charge in [-0.05, 0) is 33.3 Å². The quantitative estimate of drug-likeness (QED) is 0.627. The molecule has 0 aliphatic rings. The lowest BCUT2D eigenvalue weighted by Crippen LogP contribution is -2.24. The molecule has 1 atom stereocenters. The molecule has 0 spiro atoms. The Morgan fingerprint density at radius 1 is 1.33 bits per heavy atom. The van der Waals surface area contributed by atoms with Crippen molar-refractivity contribution in [1.82, 2.24) is 0 Å². The molecule has 1 aromatic rings. The van der Waals surface area contributed by atoms with E-state index < -0.39 is 40.5 Å². The van der Waals surface area contributed by atoms with Crippen molar-refractivity contribution in [3.8, 4) is 6.07 Å². The topological polar surface area (TPSA) is 50.1 Å². The van der Waals surface area contributed by atoms with Crippen molar-refractivity contribution in [3.63, 3.8) is 0 Å². The SMILES string of the molecule is CC(C)(C)OC(=O)CCC(C#N)c1cc(F)cc(F)c1F. The van der Waals surface area contributed by atoms with Gasteiger partial charge in [-0.2, -0.15) is 5.26 Å². The average molecular weight is 299 g/mol. The van der Waals surface area contributed by atoms with Crippen molar-refractivity contribution >= 4 is 5.97 Å². The van der Waals surface area contributed by atoms with Crippen molar-refractivity contribution in [2.24, 2.45) is 0 Å². The van der Waals surface area contributed by atoms with Gasteiger partial charge < -0.3 is 4.74 Å². The van der Waals surface area contributed by atoms with E-state index in [1.165, 1.54) is 0 Å². The molecular weight excluding hydrogens is 283 g/mol. The summed E-state index contributed by atoms with van der Waals surface area (Å²) >= 11 is 0. The predicted octanol–water partition coefficient (Wildman–Crippen LogP) is 3.83. The van der Waals surface area contributed by atoms with Gasteiger partial charge >= 0.3 is 5.97 Å². The molecule has 0 heterocycles. The normalized spacial score (nSPS) is 12.6. The molecule has 0 aliphatic carbocycles. The molecule has 6 heteroatoms. The Morgan fingerprint density at radius 2 is 1.95 bits per heavy atom. The van der Waals surface area contributed by atoms with Gasteiger partial charge in [0, 0.05) is 18.1 Å². The highest BCUT2D eigenvalue weighted by atomic mass is 19.2. The van der Waals surface area contributed by atoms with Crippen molar-refractivity contribution in [2.75, 3.05) is 0 Å². The van der Waals surface area contributed by atoms with Crippen LogP contribution in [0.3, 0.4) is 0 Å². The Morgan fingerprint density at radius 3 is 2.48 bits per heavy atom. The zero-order valence-electron chi connectivity index (χ0n) is 12.0. The number of esters is 1. The maximum absolute atomic E-state index is 13.6. The van der Waals surface area contributed by atoms with Gasteiger partial charge in [-0.3, -0.25) is 4.79 Å². The molecule has 0 aliphatic heterocycles. The van der Waals surface area contributed by atoms with Crippen LogP contribution in [0.1, 0.15) is 45.1 Å². The summed E-state index contributed by atoms with van der Waals surface area (Å²) in [6.07, 6.45) is -0.224. The van der Waals surface area contributed by atoms with E-state index in [1.54, 1.807) is 26.8 Å². The Labute approximate surface area is 121 Å². The number of carbonyl (C=O) groups excluding carboxylic acids is 1. The van der Waals surface area contributed by atoms with Crippen molar-refractivity contribution < 1.29 is 22.7 Å². The van der Waals surface area contributed by atoms with Crippen LogP contribution < -0.4 is 0 Å². The first-order valence-corrected chi connectivity index (χ1v) is 6.40. The first kappa shape index (κ1) is 17.0. The molecular formula is C15H16F3NO2.